The number of nitrogens with zero attached hydrogens (tertiary/aromatic N) is 1. The lowest BCUT2D eigenvalue weighted by Crippen LogP contribution is -2.60. The van der Waals surface area contributed by atoms with Gasteiger partial charge in [-0.05, 0) is 37.8 Å². The van der Waals surface area contributed by atoms with Crippen LogP contribution in [0.15, 0.2) is 30.3 Å². The van der Waals surface area contributed by atoms with E-state index in [-0.39, 0.29) is 36.8 Å². The Morgan fingerprint density at radius 3 is 2.54 bits per heavy atom. The molecule has 24 heavy (non-hydrogen) atoms. The molecule has 0 saturated carbocycles. The van der Waals surface area contributed by atoms with Crippen LogP contribution in [0.1, 0.15) is 25.7 Å². The second-order valence-electron chi connectivity index (χ2n) is 6.36. The summed E-state index contributed by atoms with van der Waals surface area (Å²) in [6.07, 6.45) is 3.31. The van der Waals surface area contributed by atoms with E-state index in [9.17, 15) is 4.79 Å². The van der Waals surface area contributed by atoms with Gasteiger partial charge in [0.2, 0.25) is 5.91 Å². The van der Waals surface area contributed by atoms with Crippen molar-refractivity contribution >= 4 is 36.4 Å². The Balaban J connectivity index is 0.00000144. The van der Waals surface area contributed by atoms with Crippen LogP contribution < -0.4 is 16.0 Å². The molecule has 2 aliphatic heterocycles. The monoisotopic (exact) mass is 375 g/mol. The predicted octanol–water partition coefficient (Wildman–Crippen LogP) is 2.12. The maximum Gasteiger partial charge on any atom is 0.240 e. The van der Waals surface area contributed by atoms with Gasteiger partial charge in [-0.3, -0.25) is 4.79 Å². The van der Waals surface area contributed by atoms with E-state index >= 15 is 0 Å². The van der Waals surface area contributed by atoms with Crippen LogP contribution in [0.3, 0.4) is 0 Å². The number of amides is 1. The summed E-state index contributed by atoms with van der Waals surface area (Å²) in [4.78, 5) is 14.9. The Morgan fingerprint density at radius 1 is 1.21 bits per heavy atom. The van der Waals surface area contributed by atoms with E-state index in [1.54, 1.807) is 0 Å². The van der Waals surface area contributed by atoms with Crippen molar-refractivity contribution in [3.63, 3.8) is 0 Å². The maximum atomic E-state index is 12.5. The zero-order chi connectivity index (χ0) is 15.4. The summed E-state index contributed by atoms with van der Waals surface area (Å²) in [6, 6.07) is 10.5. The van der Waals surface area contributed by atoms with Crippen molar-refractivity contribution in [1.29, 1.82) is 0 Å². The minimum absolute atomic E-state index is 0. The highest BCUT2D eigenvalue weighted by Gasteiger charge is 2.37. The van der Waals surface area contributed by atoms with Gasteiger partial charge in [0.15, 0.2) is 0 Å². The Hall–Kier alpha value is -1.01. The molecule has 0 radical (unpaired) electrons. The van der Waals surface area contributed by atoms with E-state index in [0.29, 0.717) is 26.1 Å². The fraction of sp³-hybridized carbons (Fsp3) is 0.588. The summed E-state index contributed by atoms with van der Waals surface area (Å²) in [5.41, 5.74) is 6.72. The molecule has 136 valence electrons. The van der Waals surface area contributed by atoms with Crippen LogP contribution in [0.25, 0.3) is 0 Å². The number of para-hydroxylation sites is 1. The number of rotatable bonds is 3. The van der Waals surface area contributed by atoms with Gasteiger partial charge in [-0.1, -0.05) is 18.2 Å². The van der Waals surface area contributed by atoms with Crippen molar-refractivity contribution in [2.24, 2.45) is 5.73 Å². The Morgan fingerprint density at radius 2 is 1.88 bits per heavy atom. The lowest BCUT2D eigenvalue weighted by Gasteiger charge is -2.38. The summed E-state index contributed by atoms with van der Waals surface area (Å²) >= 11 is 0. The molecule has 0 aromatic heterocycles. The quantitative estimate of drug-likeness (QED) is 0.848. The standard InChI is InChI=1S/C17H25N3O2.2ClH/c18-17(8-11-22-12-9-17)16(21)19-14-5-4-10-20(13-14)15-6-2-1-3-7-15;;/h1-3,6-7,14H,4-5,8-13,18H2,(H,19,21);2*1H. The lowest BCUT2D eigenvalue weighted by atomic mass is 9.89. The molecule has 2 aliphatic rings. The smallest absolute Gasteiger partial charge is 0.240 e. The summed E-state index contributed by atoms with van der Waals surface area (Å²) in [6.45, 7) is 3.04. The third-order valence-corrected chi connectivity index (χ3v) is 4.72. The number of halogens is 2. The Labute approximate surface area is 156 Å². The average molecular weight is 376 g/mol. The molecule has 5 nitrogen and oxygen atoms in total. The number of carbonyl (C=O) groups is 1. The second-order valence-corrected chi connectivity index (χ2v) is 6.36. The molecule has 2 heterocycles. The highest BCUT2D eigenvalue weighted by molar-refractivity contribution is 5.86. The number of hydrogen-bond acceptors (Lipinski definition) is 4. The van der Waals surface area contributed by atoms with Gasteiger partial charge in [0.1, 0.15) is 0 Å². The van der Waals surface area contributed by atoms with Crippen molar-refractivity contribution in [3.8, 4) is 0 Å². The summed E-state index contributed by atoms with van der Waals surface area (Å²) in [5.74, 6) is -0.0179. The van der Waals surface area contributed by atoms with Crippen LogP contribution in [0.5, 0.6) is 0 Å². The maximum absolute atomic E-state index is 12.5. The topological polar surface area (TPSA) is 67.6 Å². The number of ether oxygens (including phenoxy) is 1. The van der Waals surface area contributed by atoms with E-state index in [0.717, 1.165) is 25.9 Å². The SMILES string of the molecule is Cl.Cl.NC1(C(=O)NC2CCCN(c3ccccc3)C2)CCOCC1. The minimum Gasteiger partial charge on any atom is -0.381 e. The molecule has 0 aliphatic carbocycles. The van der Waals surface area contributed by atoms with Gasteiger partial charge in [0.25, 0.3) is 0 Å². The summed E-state index contributed by atoms with van der Waals surface area (Å²) in [7, 11) is 0. The van der Waals surface area contributed by atoms with E-state index in [4.69, 9.17) is 10.5 Å². The molecule has 1 atom stereocenters. The third-order valence-electron chi connectivity index (χ3n) is 4.72. The van der Waals surface area contributed by atoms with Gasteiger partial charge in [-0.15, -0.1) is 24.8 Å². The summed E-state index contributed by atoms with van der Waals surface area (Å²) in [5, 5.41) is 3.17. The Bertz CT molecular complexity index is 510. The number of nitrogens with one attached hydrogen (secondary N) is 1. The van der Waals surface area contributed by atoms with E-state index < -0.39 is 5.54 Å². The van der Waals surface area contributed by atoms with Gasteiger partial charge >= 0.3 is 0 Å². The predicted molar refractivity (Wildman–Crippen MR) is 101 cm³/mol. The van der Waals surface area contributed by atoms with Crippen molar-refractivity contribution in [3.05, 3.63) is 30.3 Å². The molecule has 1 aromatic carbocycles. The molecule has 0 spiro atoms. The van der Waals surface area contributed by atoms with Gasteiger partial charge < -0.3 is 20.7 Å². The first-order chi connectivity index (χ1) is 10.7. The molecule has 1 unspecified atom stereocenters. The van der Waals surface area contributed by atoms with Crippen molar-refractivity contribution in [1.82, 2.24) is 5.32 Å². The van der Waals surface area contributed by atoms with Crippen LogP contribution >= 0.6 is 24.8 Å². The third kappa shape index (κ3) is 4.99. The number of piperidine rings is 1. The Kier molecular flexibility index (Phi) is 8.30. The molecule has 2 saturated heterocycles. The minimum atomic E-state index is -0.757. The molecule has 3 N–H and O–H groups in total. The van der Waals surface area contributed by atoms with Crippen molar-refractivity contribution in [2.75, 3.05) is 31.2 Å². The van der Waals surface area contributed by atoms with Gasteiger partial charge in [-0.25, -0.2) is 0 Å². The van der Waals surface area contributed by atoms with Gasteiger partial charge in [-0.2, -0.15) is 0 Å². The zero-order valence-electron chi connectivity index (χ0n) is 13.8. The molecular weight excluding hydrogens is 349 g/mol. The van der Waals surface area contributed by atoms with Crippen molar-refractivity contribution < 1.29 is 9.53 Å². The molecule has 2 fully saturated rings. The highest BCUT2D eigenvalue weighted by atomic mass is 35.5. The van der Waals surface area contributed by atoms with Crippen LogP contribution in [0, 0.1) is 0 Å². The van der Waals surface area contributed by atoms with E-state index in [1.807, 2.05) is 6.07 Å². The fourth-order valence-electron chi connectivity index (χ4n) is 3.26. The molecule has 1 amide bonds. The second kappa shape index (κ2) is 9.47. The first-order valence-electron chi connectivity index (χ1n) is 8.15. The number of anilines is 1. The van der Waals surface area contributed by atoms with E-state index in [1.165, 1.54) is 5.69 Å². The first-order valence-corrected chi connectivity index (χ1v) is 8.15. The molecular formula is C17H27Cl2N3O2. The number of carbonyl (C=O) groups excluding carboxylic acids is 1. The number of hydrogen-bond donors (Lipinski definition) is 2. The molecule has 1 aromatic rings. The lowest BCUT2D eigenvalue weighted by molar-refractivity contribution is -0.130. The van der Waals surface area contributed by atoms with E-state index in [2.05, 4.69) is 34.5 Å². The molecule has 7 heteroatoms. The van der Waals surface area contributed by atoms with Gasteiger partial charge in [0.05, 0.1) is 5.54 Å². The largest absolute Gasteiger partial charge is 0.381 e. The normalized spacial score (nSPS) is 22.7. The fourth-order valence-corrected chi connectivity index (χ4v) is 3.26. The number of nitrogens with two attached hydrogens (primary N) is 1. The van der Waals surface area contributed by atoms with Crippen molar-refractivity contribution in [2.45, 2.75) is 37.3 Å². The first kappa shape index (κ1) is 21.0. The zero-order valence-corrected chi connectivity index (χ0v) is 15.4. The van der Waals surface area contributed by atoms with Gasteiger partial charge in [0, 0.05) is 38.0 Å². The average Bonchev–Trinajstić information content (AvgIpc) is 2.56. The molecule has 0 bridgehead atoms. The van der Waals surface area contributed by atoms with Crippen LogP contribution in [-0.2, 0) is 9.53 Å². The summed E-state index contributed by atoms with van der Waals surface area (Å²) < 4.78 is 5.31. The van der Waals surface area contributed by atoms with Crippen LogP contribution in [-0.4, -0.2) is 43.8 Å². The highest BCUT2D eigenvalue weighted by Crippen LogP contribution is 2.21. The number of benzene rings is 1. The van der Waals surface area contributed by atoms with Crippen LogP contribution in [0.2, 0.25) is 0 Å². The molecule has 3 rings (SSSR count). The van der Waals surface area contributed by atoms with Crippen LogP contribution in [0.4, 0.5) is 5.69 Å².